The summed E-state index contributed by atoms with van der Waals surface area (Å²) in [5, 5.41) is 32.8. The molecule has 0 aliphatic carbocycles. The lowest BCUT2D eigenvalue weighted by atomic mass is 10.2. The minimum absolute atomic E-state index is 0.286. The van der Waals surface area contributed by atoms with Crippen LogP contribution in [0.2, 0.25) is 0 Å². The molecule has 0 spiro atoms. The van der Waals surface area contributed by atoms with Gasteiger partial charge < -0.3 is 25.4 Å². The second kappa shape index (κ2) is 14.5. The molecule has 1 heterocycles. The second-order valence-corrected chi connectivity index (χ2v) is 6.74. The van der Waals surface area contributed by atoms with Gasteiger partial charge in [0.2, 0.25) is 0 Å². The Bertz CT molecular complexity index is 813. The van der Waals surface area contributed by atoms with Crippen molar-refractivity contribution in [3.05, 3.63) is 66.5 Å². The van der Waals surface area contributed by atoms with Crippen molar-refractivity contribution in [2.45, 2.75) is 32.5 Å². The molecular formula is C22H29N3O6. The molecule has 0 radical (unpaired) electrons. The number of carboxylic acid groups (broad SMARTS) is 2. The molecular weight excluding hydrogens is 402 g/mol. The van der Waals surface area contributed by atoms with Crippen molar-refractivity contribution >= 4 is 18.0 Å². The normalized spacial score (nSPS) is 12.0. The van der Waals surface area contributed by atoms with E-state index in [-0.39, 0.29) is 6.61 Å². The number of aromatic nitrogens is 2. The molecule has 1 aromatic carbocycles. The zero-order chi connectivity index (χ0) is 23.1. The Balaban J connectivity index is 0.000000512. The van der Waals surface area contributed by atoms with Crippen LogP contribution in [0.4, 0.5) is 0 Å². The molecule has 4 N–H and O–H groups in total. The van der Waals surface area contributed by atoms with Crippen LogP contribution in [0.1, 0.15) is 19.4 Å². The first-order chi connectivity index (χ1) is 14.8. The molecule has 0 saturated carbocycles. The van der Waals surface area contributed by atoms with E-state index in [1.807, 2.05) is 61.1 Å². The zero-order valence-electron chi connectivity index (χ0n) is 17.6. The highest BCUT2D eigenvalue weighted by atomic mass is 16.5. The number of rotatable bonds is 11. The quantitative estimate of drug-likeness (QED) is 0.397. The van der Waals surface area contributed by atoms with Crippen molar-refractivity contribution in [1.82, 2.24) is 15.1 Å². The van der Waals surface area contributed by atoms with Crippen LogP contribution in [0.25, 0.3) is 6.08 Å². The third-order valence-corrected chi connectivity index (χ3v) is 3.61. The molecule has 2 aromatic rings. The van der Waals surface area contributed by atoms with Gasteiger partial charge in [-0.1, -0.05) is 38.1 Å². The standard InChI is InChI=1S/C18H25N3O2.C4H4O4/c1-15(2)19-13-17(22)14-23-18-8-6-16(7-9-18)5-3-11-21-12-4-10-20-21;5-3(6)1-2-4(7)8/h3-10,12,15,17,19,22H,11,13-14H2,1-2H3;1-2H,(H,5,6)(H,7,8). The first kappa shape index (κ1) is 25.6. The smallest absolute Gasteiger partial charge is 0.328 e. The lowest BCUT2D eigenvalue weighted by Gasteiger charge is -2.15. The van der Waals surface area contributed by atoms with Crippen molar-refractivity contribution in [2.24, 2.45) is 0 Å². The number of aliphatic hydroxyl groups excluding tert-OH is 1. The summed E-state index contributed by atoms with van der Waals surface area (Å²) in [5.74, 6) is -1.75. The predicted octanol–water partition coefficient (Wildman–Crippen LogP) is 2.05. The number of nitrogens with zero attached hydrogens (tertiary/aromatic N) is 2. The Morgan fingerprint density at radius 2 is 1.81 bits per heavy atom. The Labute approximate surface area is 181 Å². The number of allylic oxidation sites excluding steroid dienone is 1. The lowest BCUT2D eigenvalue weighted by molar-refractivity contribution is -0.134. The van der Waals surface area contributed by atoms with Gasteiger partial charge in [-0.25, -0.2) is 9.59 Å². The van der Waals surface area contributed by atoms with Crippen LogP contribution in [0.5, 0.6) is 5.75 Å². The molecule has 168 valence electrons. The van der Waals surface area contributed by atoms with Crippen LogP contribution in [0.15, 0.2) is 61.0 Å². The largest absolute Gasteiger partial charge is 0.491 e. The number of ether oxygens (including phenoxy) is 1. The summed E-state index contributed by atoms with van der Waals surface area (Å²) >= 11 is 0. The number of hydrogen-bond donors (Lipinski definition) is 4. The van der Waals surface area contributed by atoms with Gasteiger partial charge in [0.25, 0.3) is 0 Å². The van der Waals surface area contributed by atoms with Crippen LogP contribution in [-0.2, 0) is 16.1 Å². The maximum atomic E-state index is 9.81. The summed E-state index contributed by atoms with van der Waals surface area (Å²) in [5.41, 5.74) is 1.10. The number of nitrogens with one attached hydrogen (secondary N) is 1. The van der Waals surface area contributed by atoms with Gasteiger partial charge in [0, 0.05) is 37.1 Å². The van der Waals surface area contributed by atoms with Crippen LogP contribution < -0.4 is 10.1 Å². The van der Waals surface area contributed by atoms with E-state index in [0.717, 1.165) is 17.9 Å². The number of aliphatic hydroxyl groups is 1. The van der Waals surface area contributed by atoms with E-state index >= 15 is 0 Å². The van der Waals surface area contributed by atoms with E-state index in [9.17, 15) is 14.7 Å². The molecule has 0 aliphatic heterocycles. The number of aliphatic carboxylic acids is 2. The molecule has 0 saturated heterocycles. The first-order valence-electron chi connectivity index (χ1n) is 9.68. The van der Waals surface area contributed by atoms with Gasteiger partial charge in [-0.2, -0.15) is 5.10 Å². The number of carboxylic acids is 2. The average Bonchev–Trinajstić information content (AvgIpc) is 3.24. The first-order valence-corrected chi connectivity index (χ1v) is 9.68. The van der Waals surface area contributed by atoms with E-state index in [1.165, 1.54) is 0 Å². The van der Waals surface area contributed by atoms with Gasteiger partial charge in [0.15, 0.2) is 0 Å². The Morgan fingerprint density at radius 1 is 1.16 bits per heavy atom. The number of hydrogen-bond acceptors (Lipinski definition) is 6. The second-order valence-electron chi connectivity index (χ2n) is 6.74. The Hall–Kier alpha value is -3.43. The third kappa shape index (κ3) is 13.4. The Kier molecular flexibility index (Phi) is 12.0. The Morgan fingerprint density at radius 3 is 2.32 bits per heavy atom. The molecule has 1 unspecified atom stereocenters. The average molecular weight is 431 g/mol. The van der Waals surface area contributed by atoms with E-state index in [0.29, 0.717) is 24.7 Å². The zero-order valence-corrected chi connectivity index (χ0v) is 17.6. The summed E-state index contributed by atoms with van der Waals surface area (Å²) in [6.45, 7) is 5.67. The summed E-state index contributed by atoms with van der Waals surface area (Å²) < 4.78 is 7.45. The molecule has 31 heavy (non-hydrogen) atoms. The summed E-state index contributed by atoms with van der Waals surface area (Å²) in [7, 11) is 0. The summed E-state index contributed by atoms with van der Waals surface area (Å²) in [6.07, 6.45) is 8.42. The fourth-order valence-corrected chi connectivity index (χ4v) is 2.15. The fourth-order valence-electron chi connectivity index (χ4n) is 2.15. The van der Waals surface area contributed by atoms with Crippen molar-refractivity contribution in [3.8, 4) is 5.75 Å². The van der Waals surface area contributed by atoms with Crippen LogP contribution in [0.3, 0.4) is 0 Å². The highest BCUT2D eigenvalue weighted by Crippen LogP contribution is 2.13. The molecule has 9 nitrogen and oxygen atoms in total. The van der Waals surface area contributed by atoms with Gasteiger partial charge in [-0.15, -0.1) is 0 Å². The third-order valence-electron chi connectivity index (χ3n) is 3.61. The molecule has 2 rings (SSSR count). The topological polar surface area (TPSA) is 134 Å². The van der Waals surface area contributed by atoms with Gasteiger partial charge in [-0.05, 0) is 23.8 Å². The number of benzene rings is 1. The van der Waals surface area contributed by atoms with E-state index < -0.39 is 18.0 Å². The van der Waals surface area contributed by atoms with Crippen LogP contribution >= 0.6 is 0 Å². The molecule has 0 aliphatic rings. The van der Waals surface area contributed by atoms with Crippen molar-refractivity contribution < 1.29 is 29.6 Å². The van der Waals surface area contributed by atoms with Gasteiger partial charge in [-0.3, -0.25) is 4.68 Å². The van der Waals surface area contributed by atoms with E-state index in [1.54, 1.807) is 6.20 Å². The molecule has 1 atom stereocenters. The molecule has 9 heteroatoms. The maximum Gasteiger partial charge on any atom is 0.328 e. The van der Waals surface area contributed by atoms with E-state index in [2.05, 4.69) is 16.5 Å². The highest BCUT2D eigenvalue weighted by molar-refractivity contribution is 5.89. The summed E-state index contributed by atoms with van der Waals surface area (Å²) in [4.78, 5) is 19.1. The SMILES string of the molecule is CC(C)NCC(O)COc1ccc(C=CCn2cccn2)cc1.O=C(O)C=CC(=O)O. The van der Waals surface area contributed by atoms with Crippen LogP contribution in [0, 0.1) is 0 Å². The molecule has 1 aromatic heterocycles. The minimum Gasteiger partial charge on any atom is -0.491 e. The highest BCUT2D eigenvalue weighted by Gasteiger charge is 2.05. The molecule has 0 bridgehead atoms. The monoisotopic (exact) mass is 431 g/mol. The van der Waals surface area contributed by atoms with Gasteiger partial charge in [0.05, 0.1) is 6.54 Å². The van der Waals surface area contributed by atoms with Crippen molar-refractivity contribution in [2.75, 3.05) is 13.2 Å². The van der Waals surface area contributed by atoms with Gasteiger partial charge in [0.1, 0.15) is 18.5 Å². The van der Waals surface area contributed by atoms with Crippen molar-refractivity contribution in [3.63, 3.8) is 0 Å². The summed E-state index contributed by atoms with van der Waals surface area (Å²) in [6, 6.07) is 10.1. The van der Waals surface area contributed by atoms with Crippen molar-refractivity contribution in [1.29, 1.82) is 0 Å². The molecule has 0 amide bonds. The molecule has 0 fully saturated rings. The minimum atomic E-state index is -1.26. The lowest BCUT2D eigenvalue weighted by Crippen LogP contribution is -2.35. The predicted molar refractivity (Wildman–Crippen MR) is 117 cm³/mol. The maximum absolute atomic E-state index is 9.81. The van der Waals surface area contributed by atoms with E-state index in [4.69, 9.17) is 14.9 Å². The van der Waals surface area contributed by atoms with Crippen LogP contribution in [-0.4, -0.2) is 62.3 Å². The van der Waals surface area contributed by atoms with Gasteiger partial charge >= 0.3 is 11.9 Å². The number of carbonyl (C=O) groups is 2. The fraction of sp³-hybridized carbons (Fsp3) is 0.318.